The van der Waals surface area contributed by atoms with Crippen molar-refractivity contribution in [3.63, 3.8) is 0 Å². The van der Waals surface area contributed by atoms with Crippen LogP contribution < -0.4 is 11.1 Å². The molecule has 3 aromatic carbocycles. The number of aromatic carboxylic acids is 1. The van der Waals surface area contributed by atoms with E-state index in [2.05, 4.69) is 10.5 Å². The summed E-state index contributed by atoms with van der Waals surface area (Å²) in [5, 5.41) is 35.0. The Morgan fingerprint density at radius 1 is 1.12 bits per heavy atom. The predicted octanol–water partition coefficient (Wildman–Crippen LogP) is 4.80. The lowest BCUT2D eigenvalue weighted by Crippen LogP contribution is -2.40. The highest BCUT2D eigenvalue weighted by Crippen LogP contribution is 2.30. The first-order valence-corrected chi connectivity index (χ1v) is 13.9. The molecule has 5 rings (SSSR count). The summed E-state index contributed by atoms with van der Waals surface area (Å²) < 4.78 is 2.00. The maximum Gasteiger partial charge on any atom is 0.338 e. The van der Waals surface area contributed by atoms with Gasteiger partial charge in [-0.3, -0.25) is 10.2 Å². The van der Waals surface area contributed by atoms with Gasteiger partial charge in [0.15, 0.2) is 5.84 Å². The van der Waals surface area contributed by atoms with Crippen LogP contribution in [0.2, 0.25) is 0 Å². The molecule has 0 saturated carbocycles. The van der Waals surface area contributed by atoms with Crippen LogP contribution in [-0.2, 0) is 11.3 Å². The Balaban J connectivity index is 1.52. The van der Waals surface area contributed by atoms with Crippen LogP contribution in [0.5, 0.6) is 0 Å². The number of oxime groups is 1. The van der Waals surface area contributed by atoms with E-state index >= 15 is 0 Å². The minimum absolute atomic E-state index is 0.00666. The predicted molar refractivity (Wildman–Crippen MR) is 163 cm³/mol. The van der Waals surface area contributed by atoms with E-state index in [-0.39, 0.29) is 29.1 Å². The molecule has 0 atom stereocenters. The third-order valence-corrected chi connectivity index (χ3v) is 7.89. The average molecular weight is 570 g/mol. The van der Waals surface area contributed by atoms with Crippen LogP contribution in [0.25, 0.3) is 21.8 Å². The smallest absolute Gasteiger partial charge is 0.338 e. The molecule has 1 aliphatic rings. The second-order valence-corrected chi connectivity index (χ2v) is 11.1. The van der Waals surface area contributed by atoms with E-state index in [1.54, 1.807) is 19.1 Å². The van der Waals surface area contributed by atoms with Gasteiger partial charge in [-0.15, -0.1) is 0 Å². The zero-order valence-corrected chi connectivity index (χ0v) is 23.9. The van der Waals surface area contributed by atoms with Crippen molar-refractivity contribution >= 4 is 51.0 Å². The van der Waals surface area contributed by atoms with Crippen LogP contribution in [0.1, 0.15) is 66.8 Å². The van der Waals surface area contributed by atoms with Gasteiger partial charge in [0.2, 0.25) is 5.91 Å². The molecule has 218 valence electrons. The molecule has 1 aliphatic heterocycles. The number of aromatic nitrogens is 2. The number of carboxylic acid groups (broad SMARTS) is 1. The summed E-state index contributed by atoms with van der Waals surface area (Å²) in [5.74, 6) is -0.228. The van der Waals surface area contributed by atoms with Gasteiger partial charge in [-0.25, -0.2) is 9.78 Å². The van der Waals surface area contributed by atoms with Crippen molar-refractivity contribution in [3.05, 3.63) is 71.0 Å². The number of carboxylic acids is 1. The van der Waals surface area contributed by atoms with Gasteiger partial charge in [-0.1, -0.05) is 43.3 Å². The zero-order valence-electron chi connectivity index (χ0n) is 23.9. The molecule has 0 spiro atoms. The molecule has 11 nitrogen and oxygen atoms in total. The Hall–Kier alpha value is -4.93. The first-order chi connectivity index (χ1) is 20.0. The number of likely N-dealkylation sites (tertiary alicyclic amines) is 1. The van der Waals surface area contributed by atoms with Gasteiger partial charge in [0.25, 0.3) is 0 Å². The third kappa shape index (κ3) is 5.63. The molecule has 1 amide bonds. The molecule has 1 fully saturated rings. The number of piperidine rings is 1. The van der Waals surface area contributed by atoms with Crippen LogP contribution >= 0.6 is 0 Å². The maximum absolute atomic E-state index is 13.2. The highest BCUT2D eigenvalue weighted by Gasteiger charge is 2.27. The molecule has 42 heavy (non-hydrogen) atoms. The number of hydrogen-bond acceptors (Lipinski definition) is 6. The van der Waals surface area contributed by atoms with Crippen LogP contribution in [0.3, 0.4) is 0 Å². The van der Waals surface area contributed by atoms with E-state index in [4.69, 9.17) is 21.3 Å². The summed E-state index contributed by atoms with van der Waals surface area (Å²) in [6.45, 7) is 7.47. The first-order valence-electron chi connectivity index (χ1n) is 13.9. The highest BCUT2D eigenvalue weighted by molar-refractivity contribution is 6.05. The van der Waals surface area contributed by atoms with Crippen LogP contribution in [0, 0.1) is 11.3 Å². The topological polar surface area (TPSA) is 170 Å². The van der Waals surface area contributed by atoms with Gasteiger partial charge < -0.3 is 30.8 Å². The fourth-order valence-corrected chi connectivity index (χ4v) is 5.60. The largest absolute Gasteiger partial charge is 0.478 e. The molecule has 0 unspecified atom stereocenters. The lowest BCUT2D eigenvalue weighted by molar-refractivity contribution is -0.121. The summed E-state index contributed by atoms with van der Waals surface area (Å²) in [6.07, 6.45) is 1.26. The maximum atomic E-state index is 13.2. The van der Waals surface area contributed by atoms with Crippen LogP contribution in [-0.4, -0.2) is 61.4 Å². The van der Waals surface area contributed by atoms with Gasteiger partial charge in [0.05, 0.1) is 16.9 Å². The van der Waals surface area contributed by atoms with E-state index in [1.165, 1.54) is 6.07 Å². The van der Waals surface area contributed by atoms with Crippen molar-refractivity contribution in [1.29, 1.82) is 5.41 Å². The lowest BCUT2D eigenvalue weighted by atomic mass is 9.95. The van der Waals surface area contributed by atoms with E-state index < -0.39 is 5.97 Å². The fraction of sp³-hybridized carbons (Fsp3) is 0.323. The number of fused-ring (bicyclic) bond motifs is 2. The number of rotatable bonds is 7. The lowest BCUT2D eigenvalue weighted by Gasteiger charge is -2.32. The second-order valence-electron chi connectivity index (χ2n) is 11.1. The Morgan fingerprint density at radius 2 is 1.83 bits per heavy atom. The number of amides is 1. The zero-order chi connectivity index (χ0) is 30.1. The van der Waals surface area contributed by atoms with E-state index in [1.807, 2.05) is 53.6 Å². The number of anilines is 1. The number of nitrogens with zero attached hydrogens (tertiary/aromatic N) is 4. The Morgan fingerprint density at radius 3 is 2.48 bits per heavy atom. The summed E-state index contributed by atoms with van der Waals surface area (Å²) >= 11 is 0. The van der Waals surface area contributed by atoms with Gasteiger partial charge >= 0.3 is 5.97 Å². The van der Waals surface area contributed by atoms with E-state index in [0.29, 0.717) is 60.6 Å². The molecule has 0 aliphatic carbocycles. The summed E-state index contributed by atoms with van der Waals surface area (Å²) in [5.41, 5.74) is 8.79. The number of nitrogens with two attached hydrogens (primary N) is 1. The molecule has 11 heteroatoms. The van der Waals surface area contributed by atoms with Gasteiger partial charge in [0, 0.05) is 42.7 Å². The minimum atomic E-state index is -1.12. The molecular formula is C31H35N7O4. The molecule has 4 aromatic rings. The minimum Gasteiger partial charge on any atom is -0.478 e. The average Bonchev–Trinajstić information content (AvgIpc) is 3.34. The Bertz CT molecular complexity index is 1730. The molecule has 6 N–H and O–H groups in total. The molecule has 2 heterocycles. The van der Waals surface area contributed by atoms with Crippen molar-refractivity contribution in [2.45, 2.75) is 46.1 Å². The van der Waals surface area contributed by atoms with Crippen LogP contribution in [0.4, 0.5) is 5.69 Å². The number of amidine groups is 2. The molecule has 0 bridgehead atoms. The SMILES string of the molecule is CC(=N)N1CCC(C(=O)Nc2cc(C(=O)O)c3nc(C(C)C)n(Cc4ccc5ccc(/C(N)=N/O)cc5c4)c3c2)CC1. The number of carbonyl (C=O) groups excluding carboxylic acids is 1. The number of imidazole rings is 1. The van der Waals surface area contributed by atoms with Crippen molar-refractivity contribution in [2.75, 3.05) is 18.4 Å². The quantitative estimate of drug-likeness (QED) is 0.0921. The summed E-state index contributed by atoms with van der Waals surface area (Å²) in [4.78, 5) is 32.2. The van der Waals surface area contributed by atoms with Crippen molar-refractivity contribution < 1.29 is 19.9 Å². The molecular weight excluding hydrogens is 534 g/mol. The summed E-state index contributed by atoms with van der Waals surface area (Å²) in [7, 11) is 0. The standard InChI is InChI=1S/C31H35N7O4/c1-17(2)29-35-27-25(31(40)41)14-24(34-30(39)21-8-10-37(11-9-21)18(3)32)15-26(27)38(29)16-19-4-5-20-6-7-22(28(33)36-42)13-23(20)12-19/h4-7,12-15,17,21,32,42H,8-11,16H2,1-3H3,(H2,33,36)(H,34,39)(H,40,41). The monoisotopic (exact) mass is 569 g/mol. The third-order valence-electron chi connectivity index (χ3n) is 7.89. The molecule has 0 radical (unpaired) electrons. The second kappa shape index (κ2) is 11.5. The Labute approximate surface area is 243 Å². The first kappa shape index (κ1) is 28.6. The van der Waals surface area contributed by atoms with E-state index in [9.17, 15) is 14.7 Å². The number of hydrogen-bond donors (Lipinski definition) is 5. The van der Waals surface area contributed by atoms with Crippen LogP contribution in [0.15, 0.2) is 53.7 Å². The highest BCUT2D eigenvalue weighted by atomic mass is 16.4. The summed E-state index contributed by atoms with van der Waals surface area (Å²) in [6, 6.07) is 14.8. The number of nitrogens with one attached hydrogen (secondary N) is 2. The Kier molecular flexibility index (Phi) is 7.84. The van der Waals surface area contributed by atoms with Gasteiger partial charge in [-0.2, -0.15) is 0 Å². The number of benzene rings is 3. The number of carbonyl (C=O) groups is 2. The van der Waals surface area contributed by atoms with E-state index in [0.717, 1.165) is 22.2 Å². The van der Waals surface area contributed by atoms with Crippen molar-refractivity contribution in [3.8, 4) is 0 Å². The van der Waals surface area contributed by atoms with Gasteiger partial charge in [-0.05, 0) is 60.4 Å². The van der Waals surface area contributed by atoms with Crippen molar-refractivity contribution in [1.82, 2.24) is 14.5 Å². The normalized spacial score (nSPS) is 14.6. The van der Waals surface area contributed by atoms with Gasteiger partial charge in [0.1, 0.15) is 11.3 Å². The fourth-order valence-electron chi connectivity index (χ4n) is 5.60. The van der Waals surface area contributed by atoms with Crippen molar-refractivity contribution in [2.24, 2.45) is 16.8 Å². The molecule has 1 aromatic heterocycles. The molecule has 1 saturated heterocycles.